The maximum absolute atomic E-state index is 11.1. The fourth-order valence-electron chi connectivity index (χ4n) is 2.25. The Bertz CT molecular complexity index is 827. The quantitative estimate of drug-likeness (QED) is 0.746. The minimum Gasteiger partial charge on any atom is -0.504 e. The van der Waals surface area contributed by atoms with Crippen molar-refractivity contribution in [3.8, 4) is 22.8 Å². The average molecular weight is 279 g/mol. The van der Waals surface area contributed by atoms with Crippen molar-refractivity contribution < 1.29 is 14.6 Å². The zero-order valence-corrected chi connectivity index (χ0v) is 11.4. The number of pyridine rings is 1. The van der Waals surface area contributed by atoms with Gasteiger partial charge in [-0.1, -0.05) is 24.3 Å². The Balaban J connectivity index is 2.19. The normalized spacial score (nSPS) is 10.5. The minimum atomic E-state index is -0.156. The summed E-state index contributed by atoms with van der Waals surface area (Å²) in [4.78, 5) is 15.6. The number of phenols is 1. The summed E-state index contributed by atoms with van der Waals surface area (Å²) in [5.41, 5.74) is 2.49. The third-order valence-corrected chi connectivity index (χ3v) is 3.35. The molecule has 0 atom stereocenters. The van der Waals surface area contributed by atoms with Crippen LogP contribution in [0.25, 0.3) is 22.2 Å². The Kier molecular flexibility index (Phi) is 3.28. The summed E-state index contributed by atoms with van der Waals surface area (Å²) in [5.74, 6) is 0.0987. The summed E-state index contributed by atoms with van der Waals surface area (Å²) in [6, 6.07) is 14.9. The molecular formula is C17H13NO3. The first-order valence-electron chi connectivity index (χ1n) is 6.45. The first-order valence-corrected chi connectivity index (χ1v) is 6.45. The first-order chi connectivity index (χ1) is 10.2. The van der Waals surface area contributed by atoms with Crippen LogP contribution in [-0.4, -0.2) is 23.5 Å². The van der Waals surface area contributed by atoms with Crippen molar-refractivity contribution in [1.82, 2.24) is 4.98 Å². The van der Waals surface area contributed by atoms with Crippen LogP contribution >= 0.6 is 0 Å². The number of nitrogens with zero attached hydrogens (tertiary/aromatic N) is 1. The first kappa shape index (κ1) is 13.1. The molecule has 0 radical (unpaired) electrons. The van der Waals surface area contributed by atoms with Crippen molar-refractivity contribution >= 4 is 17.2 Å². The molecule has 3 rings (SSSR count). The number of hydrogen-bond donors (Lipinski definition) is 1. The highest BCUT2D eigenvalue weighted by Gasteiger charge is 2.12. The number of ether oxygens (including phenoxy) is 1. The van der Waals surface area contributed by atoms with E-state index in [1.807, 2.05) is 36.4 Å². The number of rotatable bonds is 3. The number of aromatic nitrogens is 1. The molecule has 4 heteroatoms. The van der Waals surface area contributed by atoms with E-state index in [-0.39, 0.29) is 17.1 Å². The van der Waals surface area contributed by atoms with E-state index in [9.17, 15) is 9.90 Å². The van der Waals surface area contributed by atoms with Gasteiger partial charge in [-0.25, -0.2) is 4.98 Å². The summed E-state index contributed by atoms with van der Waals surface area (Å²) in [6.07, 6.45) is 0.600. The van der Waals surface area contributed by atoms with Gasteiger partial charge in [0.2, 0.25) is 0 Å². The van der Waals surface area contributed by atoms with E-state index in [4.69, 9.17) is 4.74 Å². The number of aldehydes is 1. The van der Waals surface area contributed by atoms with Gasteiger partial charge in [0.1, 0.15) is 0 Å². The zero-order valence-electron chi connectivity index (χ0n) is 11.4. The summed E-state index contributed by atoms with van der Waals surface area (Å²) in [6.45, 7) is 0. The van der Waals surface area contributed by atoms with Crippen molar-refractivity contribution in [1.29, 1.82) is 0 Å². The summed E-state index contributed by atoms with van der Waals surface area (Å²) >= 11 is 0. The number of aromatic hydroxyl groups is 1. The number of carbonyl (C=O) groups excluding carboxylic acids is 1. The fourth-order valence-corrected chi connectivity index (χ4v) is 2.25. The van der Waals surface area contributed by atoms with E-state index in [2.05, 4.69) is 4.98 Å². The second-order valence-corrected chi connectivity index (χ2v) is 4.62. The smallest absolute Gasteiger partial charge is 0.168 e. The molecule has 2 aromatic carbocycles. The predicted octanol–water partition coefficient (Wildman–Crippen LogP) is 3.43. The van der Waals surface area contributed by atoms with Gasteiger partial charge < -0.3 is 9.84 Å². The van der Waals surface area contributed by atoms with Gasteiger partial charge in [-0.2, -0.15) is 0 Å². The van der Waals surface area contributed by atoms with Crippen molar-refractivity contribution in [2.24, 2.45) is 0 Å². The molecule has 104 valence electrons. The second-order valence-electron chi connectivity index (χ2n) is 4.62. The van der Waals surface area contributed by atoms with E-state index >= 15 is 0 Å². The number of para-hydroxylation sites is 1. The highest BCUT2D eigenvalue weighted by Crippen LogP contribution is 2.34. The molecule has 0 amide bonds. The molecule has 0 fully saturated rings. The van der Waals surface area contributed by atoms with Crippen molar-refractivity contribution in [3.63, 3.8) is 0 Å². The summed E-state index contributed by atoms with van der Waals surface area (Å²) in [7, 11) is 1.45. The highest BCUT2D eigenvalue weighted by molar-refractivity contribution is 5.86. The molecule has 0 saturated carbocycles. The van der Waals surface area contributed by atoms with Gasteiger partial charge in [0.25, 0.3) is 0 Å². The zero-order chi connectivity index (χ0) is 14.8. The number of phenolic OH excluding ortho intramolecular Hbond substituents is 1. The lowest BCUT2D eigenvalue weighted by atomic mass is 10.1. The number of hydrogen-bond acceptors (Lipinski definition) is 4. The van der Waals surface area contributed by atoms with Crippen LogP contribution in [0.1, 0.15) is 10.4 Å². The van der Waals surface area contributed by atoms with Crippen LogP contribution in [0, 0.1) is 0 Å². The van der Waals surface area contributed by atoms with Gasteiger partial charge >= 0.3 is 0 Å². The predicted molar refractivity (Wildman–Crippen MR) is 80.8 cm³/mol. The molecule has 21 heavy (non-hydrogen) atoms. The molecular weight excluding hydrogens is 266 g/mol. The second kappa shape index (κ2) is 5.25. The Labute approximate surface area is 121 Å². The molecule has 1 heterocycles. The molecule has 3 aromatic rings. The molecule has 1 N–H and O–H groups in total. The molecule has 0 bridgehead atoms. The number of benzene rings is 2. The van der Waals surface area contributed by atoms with Gasteiger partial charge in [0, 0.05) is 10.9 Å². The Hall–Kier alpha value is -2.88. The molecule has 0 saturated heterocycles. The average Bonchev–Trinajstić information content (AvgIpc) is 2.54. The van der Waals surface area contributed by atoms with Gasteiger partial charge in [0.15, 0.2) is 17.8 Å². The van der Waals surface area contributed by atoms with E-state index < -0.39 is 0 Å². The van der Waals surface area contributed by atoms with Crippen molar-refractivity contribution in [3.05, 3.63) is 54.1 Å². The van der Waals surface area contributed by atoms with Crippen LogP contribution in [0.3, 0.4) is 0 Å². The van der Waals surface area contributed by atoms with Crippen molar-refractivity contribution in [2.45, 2.75) is 0 Å². The van der Waals surface area contributed by atoms with Gasteiger partial charge in [-0.3, -0.25) is 4.79 Å². The fraction of sp³-hybridized carbons (Fsp3) is 0.0588. The molecule has 0 aliphatic carbocycles. The lowest BCUT2D eigenvalue weighted by Gasteiger charge is -2.09. The number of fused-ring (bicyclic) bond motifs is 1. The maximum atomic E-state index is 11.1. The Morgan fingerprint density at radius 3 is 2.71 bits per heavy atom. The monoisotopic (exact) mass is 279 g/mol. The largest absolute Gasteiger partial charge is 0.504 e. The van der Waals surface area contributed by atoms with E-state index in [0.717, 1.165) is 22.2 Å². The number of methoxy groups -OCH3 is 1. The maximum Gasteiger partial charge on any atom is 0.168 e. The van der Waals surface area contributed by atoms with Crippen LogP contribution in [-0.2, 0) is 0 Å². The van der Waals surface area contributed by atoms with Crippen LogP contribution in [0.2, 0.25) is 0 Å². The molecule has 0 unspecified atom stereocenters. The van der Waals surface area contributed by atoms with E-state index in [1.165, 1.54) is 7.11 Å². The highest BCUT2D eigenvalue weighted by atomic mass is 16.5. The van der Waals surface area contributed by atoms with Crippen LogP contribution in [0.5, 0.6) is 11.5 Å². The summed E-state index contributed by atoms with van der Waals surface area (Å²) in [5, 5.41) is 10.9. The van der Waals surface area contributed by atoms with Gasteiger partial charge in [0.05, 0.1) is 23.9 Å². The van der Waals surface area contributed by atoms with Crippen LogP contribution in [0.15, 0.2) is 48.5 Å². The third-order valence-electron chi connectivity index (χ3n) is 3.35. The van der Waals surface area contributed by atoms with Gasteiger partial charge in [-0.15, -0.1) is 0 Å². The molecule has 1 aromatic heterocycles. The van der Waals surface area contributed by atoms with E-state index in [0.29, 0.717) is 6.29 Å². The van der Waals surface area contributed by atoms with Crippen LogP contribution in [0.4, 0.5) is 0 Å². The van der Waals surface area contributed by atoms with Crippen LogP contribution < -0.4 is 4.74 Å². The molecule has 0 aliphatic rings. The standard InChI is InChI=1S/C17H13NO3/c1-21-16-9-12(8-13(10-19)17(16)20)15-7-6-11-4-2-3-5-14(11)18-15/h2-10,20H,1H3. The van der Waals surface area contributed by atoms with Crippen molar-refractivity contribution in [2.75, 3.05) is 7.11 Å². The lowest BCUT2D eigenvalue weighted by molar-refractivity contribution is 0.112. The SMILES string of the molecule is COc1cc(-c2ccc3ccccc3n2)cc(C=O)c1O. The third kappa shape index (κ3) is 2.31. The summed E-state index contributed by atoms with van der Waals surface area (Å²) < 4.78 is 5.10. The van der Waals surface area contributed by atoms with Gasteiger partial charge in [-0.05, 0) is 24.3 Å². The Morgan fingerprint density at radius 1 is 1.14 bits per heavy atom. The topological polar surface area (TPSA) is 59.4 Å². The Morgan fingerprint density at radius 2 is 1.95 bits per heavy atom. The lowest BCUT2D eigenvalue weighted by Crippen LogP contribution is -1.92. The molecule has 4 nitrogen and oxygen atoms in total. The molecule has 0 spiro atoms. The van der Waals surface area contributed by atoms with E-state index in [1.54, 1.807) is 12.1 Å². The number of carbonyl (C=O) groups is 1. The molecule has 0 aliphatic heterocycles. The minimum absolute atomic E-state index is 0.156.